The number of aliphatic hydroxyl groups excluding tert-OH is 1. The smallest absolute Gasteiger partial charge is 0.0950 e. The maximum atomic E-state index is 9.19. The first kappa shape index (κ1) is 6.99. The van der Waals surface area contributed by atoms with Gasteiger partial charge >= 0.3 is 0 Å². The number of likely N-dealkylation sites (N-methyl/N-ethyl adjacent to an activating group) is 1. The third kappa shape index (κ3) is 1.41. The third-order valence-electron chi connectivity index (χ3n) is 1.68. The molecule has 54 valence electrons. The number of hydrogen-bond donors (Lipinski definition) is 1. The zero-order valence-corrected chi connectivity index (χ0v) is 5.87. The van der Waals surface area contributed by atoms with E-state index in [0.717, 1.165) is 0 Å². The van der Waals surface area contributed by atoms with Crippen LogP contribution in [0.5, 0.6) is 0 Å². The van der Waals surface area contributed by atoms with E-state index in [4.69, 9.17) is 4.74 Å². The highest BCUT2D eigenvalue weighted by atomic mass is 16.5. The van der Waals surface area contributed by atoms with Gasteiger partial charge in [0, 0.05) is 0 Å². The van der Waals surface area contributed by atoms with Crippen LogP contribution in [0.1, 0.15) is 0 Å². The van der Waals surface area contributed by atoms with Crippen LogP contribution in [0.25, 0.3) is 0 Å². The molecule has 9 heavy (non-hydrogen) atoms. The molecule has 0 amide bonds. The predicted molar refractivity (Wildman–Crippen MR) is 34.3 cm³/mol. The average molecular weight is 131 g/mol. The van der Waals surface area contributed by atoms with Crippen molar-refractivity contribution in [2.45, 2.75) is 12.1 Å². The zero-order valence-electron chi connectivity index (χ0n) is 5.87. The Labute approximate surface area is 55.2 Å². The van der Waals surface area contributed by atoms with Crippen molar-refractivity contribution in [3.8, 4) is 0 Å². The van der Waals surface area contributed by atoms with Crippen LogP contribution >= 0.6 is 0 Å². The minimum absolute atomic E-state index is 0.199. The quantitative estimate of drug-likeness (QED) is 0.511. The SMILES string of the molecule is CN(C)C1COCC1O. The Morgan fingerprint density at radius 2 is 2.11 bits per heavy atom. The highest BCUT2D eigenvalue weighted by Crippen LogP contribution is 2.08. The molecular formula is C6H13NO2. The van der Waals surface area contributed by atoms with E-state index in [-0.39, 0.29) is 12.1 Å². The normalized spacial score (nSPS) is 36.0. The van der Waals surface area contributed by atoms with Gasteiger partial charge in [-0.3, -0.25) is 0 Å². The van der Waals surface area contributed by atoms with E-state index in [1.807, 2.05) is 19.0 Å². The summed E-state index contributed by atoms with van der Waals surface area (Å²) in [5.41, 5.74) is 0. The second-order valence-electron chi connectivity index (χ2n) is 2.64. The van der Waals surface area contributed by atoms with Crippen molar-refractivity contribution in [1.82, 2.24) is 4.90 Å². The minimum atomic E-state index is -0.292. The van der Waals surface area contributed by atoms with Crippen LogP contribution in [0.3, 0.4) is 0 Å². The first-order valence-corrected chi connectivity index (χ1v) is 3.14. The first-order chi connectivity index (χ1) is 4.22. The lowest BCUT2D eigenvalue weighted by atomic mass is 10.2. The molecule has 1 aliphatic rings. The van der Waals surface area contributed by atoms with Crippen LogP contribution < -0.4 is 0 Å². The molecule has 1 saturated heterocycles. The topological polar surface area (TPSA) is 32.7 Å². The maximum Gasteiger partial charge on any atom is 0.0950 e. The van der Waals surface area contributed by atoms with Crippen molar-refractivity contribution in [1.29, 1.82) is 0 Å². The number of ether oxygens (including phenoxy) is 1. The van der Waals surface area contributed by atoms with Crippen LogP contribution in [0.4, 0.5) is 0 Å². The van der Waals surface area contributed by atoms with Crippen LogP contribution in [-0.2, 0) is 4.74 Å². The van der Waals surface area contributed by atoms with Gasteiger partial charge in [-0.2, -0.15) is 0 Å². The second kappa shape index (κ2) is 2.64. The lowest BCUT2D eigenvalue weighted by molar-refractivity contribution is 0.105. The number of nitrogens with zero attached hydrogens (tertiary/aromatic N) is 1. The van der Waals surface area contributed by atoms with Gasteiger partial charge in [-0.05, 0) is 14.1 Å². The van der Waals surface area contributed by atoms with E-state index >= 15 is 0 Å². The number of aliphatic hydroxyl groups is 1. The fourth-order valence-corrected chi connectivity index (χ4v) is 1.02. The van der Waals surface area contributed by atoms with Gasteiger partial charge in [0.25, 0.3) is 0 Å². The summed E-state index contributed by atoms with van der Waals surface area (Å²) in [6.07, 6.45) is -0.292. The van der Waals surface area contributed by atoms with Crippen molar-refractivity contribution in [2.75, 3.05) is 27.3 Å². The zero-order chi connectivity index (χ0) is 6.85. The Bertz CT molecular complexity index is 95.1. The lowest BCUT2D eigenvalue weighted by Gasteiger charge is -2.19. The van der Waals surface area contributed by atoms with Crippen molar-refractivity contribution < 1.29 is 9.84 Å². The van der Waals surface area contributed by atoms with Crippen LogP contribution in [0.15, 0.2) is 0 Å². The van der Waals surface area contributed by atoms with Gasteiger partial charge in [0.1, 0.15) is 0 Å². The third-order valence-corrected chi connectivity index (χ3v) is 1.68. The molecule has 3 heteroatoms. The average Bonchev–Trinajstić information content (AvgIpc) is 2.13. The number of hydrogen-bond acceptors (Lipinski definition) is 3. The number of rotatable bonds is 1. The van der Waals surface area contributed by atoms with Crippen LogP contribution in [0, 0.1) is 0 Å². The molecule has 0 aromatic heterocycles. The largest absolute Gasteiger partial charge is 0.389 e. The highest BCUT2D eigenvalue weighted by Gasteiger charge is 2.27. The van der Waals surface area contributed by atoms with Gasteiger partial charge < -0.3 is 14.7 Å². The molecule has 1 heterocycles. The van der Waals surface area contributed by atoms with Gasteiger partial charge in [0.05, 0.1) is 25.4 Å². The summed E-state index contributed by atoms with van der Waals surface area (Å²) in [5.74, 6) is 0. The van der Waals surface area contributed by atoms with E-state index in [0.29, 0.717) is 13.2 Å². The predicted octanol–water partition coefficient (Wildman–Crippen LogP) is -0.692. The molecule has 0 radical (unpaired) electrons. The summed E-state index contributed by atoms with van der Waals surface area (Å²) in [6, 6.07) is 0.199. The molecule has 0 spiro atoms. The first-order valence-electron chi connectivity index (χ1n) is 3.14. The van der Waals surface area contributed by atoms with E-state index in [1.54, 1.807) is 0 Å². The standard InChI is InChI=1S/C6H13NO2/c1-7(2)5-3-9-4-6(5)8/h5-6,8H,3-4H2,1-2H3. The Balaban J connectivity index is 2.40. The second-order valence-corrected chi connectivity index (χ2v) is 2.64. The molecule has 2 unspecified atom stereocenters. The Hall–Kier alpha value is -0.120. The van der Waals surface area contributed by atoms with E-state index < -0.39 is 0 Å². The molecule has 0 aromatic carbocycles. The summed E-state index contributed by atoms with van der Waals surface area (Å²) in [6.45, 7) is 1.15. The fourth-order valence-electron chi connectivity index (χ4n) is 1.02. The minimum Gasteiger partial charge on any atom is -0.389 e. The summed E-state index contributed by atoms with van der Waals surface area (Å²) < 4.78 is 5.04. The molecule has 0 aliphatic carbocycles. The van der Waals surface area contributed by atoms with Crippen molar-refractivity contribution >= 4 is 0 Å². The van der Waals surface area contributed by atoms with E-state index in [2.05, 4.69) is 0 Å². The van der Waals surface area contributed by atoms with Crippen molar-refractivity contribution in [3.05, 3.63) is 0 Å². The fraction of sp³-hybridized carbons (Fsp3) is 1.00. The Morgan fingerprint density at radius 3 is 2.33 bits per heavy atom. The summed E-state index contributed by atoms with van der Waals surface area (Å²) >= 11 is 0. The van der Waals surface area contributed by atoms with Crippen LogP contribution in [0.2, 0.25) is 0 Å². The lowest BCUT2D eigenvalue weighted by Crippen LogP contribution is -2.37. The van der Waals surface area contributed by atoms with E-state index in [1.165, 1.54) is 0 Å². The van der Waals surface area contributed by atoms with Crippen LogP contribution in [-0.4, -0.2) is 49.5 Å². The molecule has 1 aliphatic heterocycles. The monoisotopic (exact) mass is 131 g/mol. The van der Waals surface area contributed by atoms with Crippen molar-refractivity contribution in [3.63, 3.8) is 0 Å². The molecule has 1 N–H and O–H groups in total. The molecule has 2 atom stereocenters. The maximum absolute atomic E-state index is 9.19. The van der Waals surface area contributed by atoms with Gasteiger partial charge in [0.15, 0.2) is 0 Å². The van der Waals surface area contributed by atoms with E-state index in [9.17, 15) is 5.11 Å². The van der Waals surface area contributed by atoms with Gasteiger partial charge in [-0.1, -0.05) is 0 Å². The molecule has 1 rings (SSSR count). The Kier molecular flexibility index (Phi) is 2.05. The summed E-state index contributed by atoms with van der Waals surface area (Å²) in [4.78, 5) is 1.98. The molecule has 0 aromatic rings. The van der Waals surface area contributed by atoms with Gasteiger partial charge in [-0.15, -0.1) is 0 Å². The Morgan fingerprint density at radius 1 is 1.44 bits per heavy atom. The highest BCUT2D eigenvalue weighted by molar-refractivity contribution is 4.79. The molecule has 3 nitrogen and oxygen atoms in total. The molecule has 0 saturated carbocycles. The molecule has 0 bridgehead atoms. The summed E-state index contributed by atoms with van der Waals surface area (Å²) in [5, 5.41) is 9.19. The summed E-state index contributed by atoms with van der Waals surface area (Å²) in [7, 11) is 3.89. The van der Waals surface area contributed by atoms with Crippen molar-refractivity contribution in [2.24, 2.45) is 0 Å². The van der Waals surface area contributed by atoms with Gasteiger partial charge in [-0.25, -0.2) is 0 Å². The molecular weight excluding hydrogens is 118 g/mol. The molecule has 1 fully saturated rings. The van der Waals surface area contributed by atoms with Gasteiger partial charge in [0.2, 0.25) is 0 Å².